The van der Waals surface area contributed by atoms with Gasteiger partial charge in [-0.1, -0.05) is 44.2 Å². The first-order chi connectivity index (χ1) is 11.2. The summed E-state index contributed by atoms with van der Waals surface area (Å²) in [5.41, 5.74) is 1.63. The summed E-state index contributed by atoms with van der Waals surface area (Å²) in [4.78, 5) is 9.19. The maximum absolute atomic E-state index is 12.0. The number of rotatable bonds is 3. The summed E-state index contributed by atoms with van der Waals surface area (Å²) in [6, 6.07) is 6.88. The summed E-state index contributed by atoms with van der Waals surface area (Å²) < 4.78 is 25.5. The van der Waals surface area contributed by atoms with E-state index >= 15 is 0 Å². The Kier molecular flexibility index (Phi) is 3.87. The number of benzene rings is 1. The lowest BCUT2D eigenvalue weighted by atomic mass is 9.96. The highest BCUT2D eigenvalue weighted by Crippen LogP contribution is 2.21. The summed E-state index contributed by atoms with van der Waals surface area (Å²) in [5, 5.41) is 8.17. The van der Waals surface area contributed by atoms with Gasteiger partial charge in [-0.2, -0.15) is 0 Å². The van der Waals surface area contributed by atoms with Gasteiger partial charge in [0.15, 0.2) is 21.0 Å². The first-order valence-electron chi connectivity index (χ1n) is 7.51. The Bertz CT molecular complexity index is 1000. The average Bonchev–Trinajstić information content (AvgIpc) is 2.88. The van der Waals surface area contributed by atoms with Crippen LogP contribution in [0.25, 0.3) is 11.2 Å². The van der Waals surface area contributed by atoms with E-state index in [2.05, 4.69) is 20.3 Å². The van der Waals surface area contributed by atoms with Crippen molar-refractivity contribution in [2.24, 2.45) is 0 Å². The van der Waals surface area contributed by atoms with E-state index in [9.17, 15) is 8.42 Å². The molecule has 0 spiro atoms. The highest BCUT2D eigenvalue weighted by atomic mass is 32.2. The Morgan fingerprint density at radius 3 is 2.54 bits per heavy atom. The Labute approximate surface area is 140 Å². The third-order valence-corrected chi connectivity index (χ3v) is 4.82. The molecular weight excluding hydrogens is 326 g/mol. The molecule has 2 heterocycles. The molecule has 8 heteroatoms. The quantitative estimate of drug-likeness (QED) is 0.721. The number of sulfone groups is 1. The highest BCUT2D eigenvalue weighted by molar-refractivity contribution is 7.90. The first kappa shape index (κ1) is 16.5. The van der Waals surface area contributed by atoms with Gasteiger partial charge in [-0.3, -0.25) is 0 Å². The van der Waals surface area contributed by atoms with E-state index in [1.54, 1.807) is 35.1 Å². The normalized spacial score (nSPS) is 12.7. The van der Waals surface area contributed by atoms with Crippen molar-refractivity contribution >= 4 is 21.0 Å². The Hall–Kier alpha value is -2.35. The van der Waals surface area contributed by atoms with Crippen LogP contribution in [0.4, 0.5) is 0 Å². The predicted octanol–water partition coefficient (Wildman–Crippen LogP) is 1.97. The van der Waals surface area contributed by atoms with Crippen molar-refractivity contribution in [2.75, 3.05) is 6.26 Å². The summed E-state index contributed by atoms with van der Waals surface area (Å²) in [6.45, 7) is 6.37. The van der Waals surface area contributed by atoms with Crippen molar-refractivity contribution in [3.8, 4) is 0 Å². The van der Waals surface area contributed by atoms with Crippen molar-refractivity contribution in [1.29, 1.82) is 0 Å². The minimum absolute atomic E-state index is 0.200. The van der Waals surface area contributed by atoms with Gasteiger partial charge in [-0.25, -0.2) is 23.1 Å². The number of hydrogen-bond acceptors (Lipinski definition) is 6. The minimum Gasteiger partial charge on any atom is -0.238 e. The zero-order valence-electron chi connectivity index (χ0n) is 14.1. The fourth-order valence-electron chi connectivity index (χ4n) is 2.40. The van der Waals surface area contributed by atoms with Crippen LogP contribution in [0.2, 0.25) is 0 Å². The second-order valence-corrected chi connectivity index (χ2v) is 8.76. The molecule has 0 N–H and O–H groups in total. The molecule has 0 radical (unpaired) electrons. The van der Waals surface area contributed by atoms with Crippen LogP contribution in [0.5, 0.6) is 0 Å². The van der Waals surface area contributed by atoms with E-state index < -0.39 is 9.84 Å². The molecule has 0 unspecified atom stereocenters. The lowest BCUT2D eigenvalue weighted by molar-refractivity contribution is 0.545. The molecule has 0 amide bonds. The molecule has 3 rings (SSSR count). The zero-order chi connectivity index (χ0) is 17.5. The van der Waals surface area contributed by atoms with Crippen LogP contribution in [0, 0.1) is 0 Å². The van der Waals surface area contributed by atoms with Gasteiger partial charge in [0.25, 0.3) is 0 Å². The summed E-state index contributed by atoms with van der Waals surface area (Å²) >= 11 is 0. The van der Waals surface area contributed by atoms with Gasteiger partial charge in [-0.15, -0.1) is 5.10 Å². The van der Waals surface area contributed by atoms with Gasteiger partial charge in [-0.05, 0) is 11.6 Å². The fourth-order valence-corrected chi connectivity index (χ4v) is 3.33. The van der Waals surface area contributed by atoms with Gasteiger partial charge in [0.2, 0.25) is 0 Å². The summed E-state index contributed by atoms with van der Waals surface area (Å²) in [6.07, 6.45) is 2.85. The van der Waals surface area contributed by atoms with Crippen LogP contribution in [0.1, 0.15) is 32.2 Å². The average molecular weight is 345 g/mol. The monoisotopic (exact) mass is 345 g/mol. The standard InChI is InChI=1S/C16H19N5O2S/c1-16(2,3)15-17-9-12-14(18-15)21(20-19-12)10-11-7-5-6-8-13(11)24(4,22)23/h5-9H,10H2,1-4H3. The van der Waals surface area contributed by atoms with Crippen molar-refractivity contribution in [3.63, 3.8) is 0 Å². The molecule has 0 saturated heterocycles. The number of hydrogen-bond donors (Lipinski definition) is 0. The molecule has 2 aromatic heterocycles. The highest BCUT2D eigenvalue weighted by Gasteiger charge is 2.20. The molecule has 0 aliphatic rings. The van der Waals surface area contributed by atoms with Crippen molar-refractivity contribution < 1.29 is 8.42 Å². The molecule has 3 aromatic rings. The molecule has 126 valence electrons. The molecule has 0 aliphatic carbocycles. The summed E-state index contributed by atoms with van der Waals surface area (Å²) in [7, 11) is -3.32. The second kappa shape index (κ2) is 5.62. The van der Waals surface area contributed by atoms with E-state index in [-0.39, 0.29) is 12.0 Å². The number of aromatic nitrogens is 5. The van der Waals surface area contributed by atoms with Crippen LogP contribution in [-0.4, -0.2) is 39.6 Å². The fraction of sp³-hybridized carbons (Fsp3) is 0.375. The van der Waals surface area contributed by atoms with E-state index in [1.807, 2.05) is 20.8 Å². The van der Waals surface area contributed by atoms with Crippen molar-refractivity contribution in [2.45, 2.75) is 37.6 Å². The second-order valence-electron chi connectivity index (χ2n) is 6.78. The minimum atomic E-state index is -3.32. The molecule has 1 aromatic carbocycles. The summed E-state index contributed by atoms with van der Waals surface area (Å²) in [5.74, 6) is 0.690. The largest absolute Gasteiger partial charge is 0.238 e. The Morgan fingerprint density at radius 2 is 1.88 bits per heavy atom. The third-order valence-electron chi connectivity index (χ3n) is 3.62. The lowest BCUT2D eigenvalue weighted by Gasteiger charge is -2.15. The molecule has 0 saturated carbocycles. The van der Waals surface area contributed by atoms with Gasteiger partial charge >= 0.3 is 0 Å². The van der Waals surface area contributed by atoms with E-state index in [0.29, 0.717) is 27.4 Å². The van der Waals surface area contributed by atoms with E-state index in [4.69, 9.17) is 0 Å². The van der Waals surface area contributed by atoms with Crippen molar-refractivity contribution in [3.05, 3.63) is 41.9 Å². The van der Waals surface area contributed by atoms with E-state index in [1.165, 1.54) is 6.26 Å². The molecular formula is C16H19N5O2S. The molecule has 0 bridgehead atoms. The molecule has 0 atom stereocenters. The predicted molar refractivity (Wildman–Crippen MR) is 90.5 cm³/mol. The zero-order valence-corrected chi connectivity index (χ0v) is 14.9. The van der Waals surface area contributed by atoms with Crippen LogP contribution in [-0.2, 0) is 21.8 Å². The van der Waals surface area contributed by atoms with E-state index in [0.717, 1.165) is 0 Å². The van der Waals surface area contributed by atoms with Crippen LogP contribution in [0.3, 0.4) is 0 Å². The molecule has 24 heavy (non-hydrogen) atoms. The number of fused-ring (bicyclic) bond motifs is 1. The first-order valence-corrected chi connectivity index (χ1v) is 9.40. The Balaban J connectivity index is 2.09. The SMILES string of the molecule is CC(C)(C)c1ncc2nnn(Cc3ccccc3S(C)(=O)=O)c2n1. The van der Waals surface area contributed by atoms with Gasteiger partial charge in [0.1, 0.15) is 5.82 Å². The van der Waals surface area contributed by atoms with Gasteiger partial charge < -0.3 is 0 Å². The smallest absolute Gasteiger partial charge is 0.182 e. The van der Waals surface area contributed by atoms with Crippen molar-refractivity contribution in [1.82, 2.24) is 25.0 Å². The number of nitrogens with zero attached hydrogens (tertiary/aromatic N) is 5. The topological polar surface area (TPSA) is 90.6 Å². The lowest BCUT2D eigenvalue weighted by Crippen LogP contribution is -2.16. The molecule has 0 aliphatic heterocycles. The van der Waals surface area contributed by atoms with Crippen LogP contribution in [0.15, 0.2) is 35.4 Å². The Morgan fingerprint density at radius 1 is 1.17 bits per heavy atom. The maximum Gasteiger partial charge on any atom is 0.182 e. The van der Waals surface area contributed by atoms with Crippen LogP contribution < -0.4 is 0 Å². The van der Waals surface area contributed by atoms with Gasteiger partial charge in [0, 0.05) is 11.7 Å². The van der Waals surface area contributed by atoms with Gasteiger partial charge in [0.05, 0.1) is 17.6 Å². The third kappa shape index (κ3) is 3.14. The molecule has 7 nitrogen and oxygen atoms in total. The maximum atomic E-state index is 12.0. The molecule has 0 fully saturated rings. The van der Waals surface area contributed by atoms with Crippen LogP contribution >= 0.6 is 0 Å².